The van der Waals surface area contributed by atoms with E-state index < -0.39 is 0 Å². The lowest BCUT2D eigenvalue weighted by atomic mass is 9.78. The third-order valence-electron chi connectivity index (χ3n) is 5.01. The molecule has 0 saturated carbocycles. The Hall–Kier alpha value is -1.11. The van der Waals surface area contributed by atoms with Crippen molar-refractivity contribution in [3.8, 4) is 0 Å². The molecule has 2 N–H and O–H groups in total. The minimum absolute atomic E-state index is 0.166. The summed E-state index contributed by atoms with van der Waals surface area (Å²) in [6, 6.07) is 4.65. The van der Waals surface area contributed by atoms with E-state index in [1.807, 2.05) is 7.05 Å². The normalized spacial score (nSPS) is 23.1. The van der Waals surface area contributed by atoms with Gasteiger partial charge in [0.15, 0.2) is 5.96 Å². The lowest BCUT2D eigenvalue weighted by Crippen LogP contribution is -2.48. The SMILES string of the molecule is CN=C(NCC1CCCOC1C(C)(C)C)NCC(c1cccs1)N(C)C. The minimum Gasteiger partial charge on any atom is -0.377 e. The van der Waals surface area contributed by atoms with Gasteiger partial charge in [0, 0.05) is 37.5 Å². The van der Waals surface area contributed by atoms with E-state index in [-0.39, 0.29) is 5.41 Å². The van der Waals surface area contributed by atoms with Crippen molar-refractivity contribution in [3.05, 3.63) is 22.4 Å². The van der Waals surface area contributed by atoms with Crippen molar-refractivity contribution in [1.29, 1.82) is 0 Å². The molecule has 3 atom stereocenters. The van der Waals surface area contributed by atoms with Crippen LogP contribution < -0.4 is 10.6 Å². The molecule has 1 saturated heterocycles. The molecule has 0 bridgehead atoms. The molecule has 2 rings (SSSR count). The Morgan fingerprint density at radius 2 is 2.15 bits per heavy atom. The number of ether oxygens (including phenoxy) is 1. The van der Waals surface area contributed by atoms with Crippen molar-refractivity contribution >= 4 is 17.3 Å². The van der Waals surface area contributed by atoms with Crippen LogP contribution in [0, 0.1) is 11.3 Å². The number of rotatable bonds is 6. The van der Waals surface area contributed by atoms with E-state index in [0.717, 1.165) is 32.1 Å². The summed E-state index contributed by atoms with van der Waals surface area (Å²) < 4.78 is 6.09. The van der Waals surface area contributed by atoms with Gasteiger partial charge in [-0.05, 0) is 43.8 Å². The topological polar surface area (TPSA) is 48.9 Å². The summed E-state index contributed by atoms with van der Waals surface area (Å²) in [5.74, 6) is 1.39. The van der Waals surface area contributed by atoms with E-state index in [4.69, 9.17) is 4.74 Å². The highest BCUT2D eigenvalue weighted by Crippen LogP contribution is 2.33. The Bertz CT molecular complexity index is 551. The van der Waals surface area contributed by atoms with Gasteiger partial charge in [0.1, 0.15) is 0 Å². The van der Waals surface area contributed by atoms with Crippen LogP contribution in [0.5, 0.6) is 0 Å². The molecule has 6 heteroatoms. The Labute approximate surface area is 163 Å². The predicted molar refractivity (Wildman–Crippen MR) is 112 cm³/mol. The third-order valence-corrected chi connectivity index (χ3v) is 5.99. The van der Waals surface area contributed by atoms with Crippen LogP contribution in [0.4, 0.5) is 0 Å². The lowest BCUT2D eigenvalue weighted by molar-refractivity contribution is -0.0835. The van der Waals surface area contributed by atoms with E-state index in [0.29, 0.717) is 18.1 Å². The molecule has 2 heterocycles. The van der Waals surface area contributed by atoms with E-state index in [1.165, 1.54) is 11.3 Å². The Morgan fingerprint density at radius 3 is 2.73 bits per heavy atom. The monoisotopic (exact) mass is 380 g/mol. The van der Waals surface area contributed by atoms with E-state index in [2.05, 4.69) is 72.9 Å². The number of thiophene rings is 1. The van der Waals surface area contributed by atoms with Gasteiger partial charge in [0.25, 0.3) is 0 Å². The van der Waals surface area contributed by atoms with Crippen molar-refractivity contribution in [3.63, 3.8) is 0 Å². The van der Waals surface area contributed by atoms with E-state index in [1.54, 1.807) is 11.3 Å². The van der Waals surface area contributed by atoms with Gasteiger partial charge in [0.2, 0.25) is 0 Å². The highest BCUT2D eigenvalue weighted by atomic mass is 32.1. The van der Waals surface area contributed by atoms with Crippen LogP contribution in [0.1, 0.15) is 44.5 Å². The Kier molecular flexibility index (Phi) is 7.92. The highest BCUT2D eigenvalue weighted by Gasteiger charge is 2.35. The molecule has 1 aromatic rings. The molecule has 0 aromatic carbocycles. The fraction of sp³-hybridized carbons (Fsp3) is 0.750. The number of likely N-dealkylation sites (N-methyl/N-ethyl adjacent to an activating group) is 1. The van der Waals surface area contributed by atoms with Gasteiger partial charge >= 0.3 is 0 Å². The maximum atomic E-state index is 6.09. The molecule has 1 aliphatic rings. The number of hydrogen-bond acceptors (Lipinski definition) is 4. The summed E-state index contributed by atoms with van der Waals surface area (Å²) >= 11 is 1.80. The van der Waals surface area contributed by atoms with E-state index in [9.17, 15) is 0 Å². The summed E-state index contributed by atoms with van der Waals surface area (Å²) in [4.78, 5) is 8.02. The summed E-state index contributed by atoms with van der Waals surface area (Å²) in [5.41, 5.74) is 0.166. The van der Waals surface area contributed by atoms with Crippen LogP contribution in [0.15, 0.2) is 22.5 Å². The van der Waals surface area contributed by atoms with Gasteiger partial charge in [-0.1, -0.05) is 26.8 Å². The second kappa shape index (κ2) is 9.72. The van der Waals surface area contributed by atoms with Crippen molar-refractivity contribution in [1.82, 2.24) is 15.5 Å². The van der Waals surface area contributed by atoms with Gasteiger partial charge in [-0.3, -0.25) is 4.99 Å². The second-order valence-corrected chi connectivity index (χ2v) is 9.37. The first-order valence-electron chi connectivity index (χ1n) is 9.59. The van der Waals surface area contributed by atoms with E-state index >= 15 is 0 Å². The molecule has 5 nitrogen and oxygen atoms in total. The van der Waals surface area contributed by atoms with Crippen LogP contribution in [0.25, 0.3) is 0 Å². The minimum atomic E-state index is 0.166. The fourth-order valence-electron chi connectivity index (χ4n) is 3.67. The van der Waals surface area contributed by atoms with Gasteiger partial charge in [-0.15, -0.1) is 11.3 Å². The fourth-order valence-corrected chi connectivity index (χ4v) is 4.59. The number of nitrogens with zero attached hydrogens (tertiary/aromatic N) is 2. The van der Waals surface area contributed by atoms with Gasteiger partial charge in [-0.25, -0.2) is 0 Å². The average Bonchev–Trinajstić information content (AvgIpc) is 3.11. The van der Waals surface area contributed by atoms with Crippen LogP contribution in [-0.4, -0.2) is 57.8 Å². The third kappa shape index (κ3) is 5.96. The maximum absolute atomic E-state index is 6.09. The van der Waals surface area contributed by atoms with Crippen molar-refractivity contribution < 1.29 is 4.74 Å². The molecule has 1 fully saturated rings. The zero-order valence-electron chi connectivity index (χ0n) is 17.2. The van der Waals surface area contributed by atoms with Crippen molar-refractivity contribution in [2.75, 3.05) is 40.8 Å². The van der Waals surface area contributed by atoms with Crippen molar-refractivity contribution in [2.24, 2.45) is 16.3 Å². The summed E-state index contributed by atoms with van der Waals surface area (Å²) in [6.45, 7) is 9.42. The zero-order valence-corrected chi connectivity index (χ0v) is 18.0. The van der Waals surface area contributed by atoms with Crippen LogP contribution in [-0.2, 0) is 4.74 Å². The predicted octanol–water partition coefficient (Wildman–Crippen LogP) is 3.36. The molecular weight excluding hydrogens is 344 g/mol. The summed E-state index contributed by atoms with van der Waals surface area (Å²) in [6.07, 6.45) is 2.65. The van der Waals surface area contributed by atoms with Gasteiger partial charge in [0.05, 0.1) is 12.1 Å². The molecule has 0 radical (unpaired) electrons. The average molecular weight is 381 g/mol. The Balaban J connectivity index is 1.89. The number of hydrogen-bond donors (Lipinski definition) is 2. The van der Waals surface area contributed by atoms with Crippen LogP contribution in [0.2, 0.25) is 0 Å². The first kappa shape index (κ1) is 21.2. The summed E-state index contributed by atoms with van der Waals surface area (Å²) in [5, 5.41) is 9.15. The smallest absolute Gasteiger partial charge is 0.191 e. The highest BCUT2D eigenvalue weighted by molar-refractivity contribution is 7.10. The molecule has 0 spiro atoms. The largest absolute Gasteiger partial charge is 0.377 e. The molecule has 1 aliphatic heterocycles. The molecule has 3 unspecified atom stereocenters. The maximum Gasteiger partial charge on any atom is 0.191 e. The first-order chi connectivity index (χ1) is 12.3. The van der Waals surface area contributed by atoms with Gasteiger partial charge in [-0.2, -0.15) is 0 Å². The molecule has 148 valence electrons. The molecular formula is C20H36N4OS. The number of guanidine groups is 1. The standard InChI is InChI=1S/C20H36N4OS/c1-20(2,3)18-15(9-7-11-25-18)13-22-19(21-4)23-14-16(24(5)6)17-10-8-12-26-17/h8,10,12,15-16,18H,7,9,11,13-14H2,1-6H3,(H2,21,22,23). The first-order valence-corrected chi connectivity index (χ1v) is 10.5. The Morgan fingerprint density at radius 1 is 1.38 bits per heavy atom. The quantitative estimate of drug-likeness (QED) is 0.587. The molecule has 26 heavy (non-hydrogen) atoms. The summed E-state index contributed by atoms with van der Waals surface area (Å²) in [7, 11) is 6.08. The lowest BCUT2D eigenvalue weighted by Gasteiger charge is -2.40. The molecule has 0 amide bonds. The van der Waals surface area contributed by atoms with Crippen LogP contribution >= 0.6 is 11.3 Å². The van der Waals surface area contributed by atoms with Crippen LogP contribution in [0.3, 0.4) is 0 Å². The van der Waals surface area contributed by atoms with Crippen molar-refractivity contribution in [2.45, 2.75) is 45.8 Å². The number of aliphatic imine (C=N–C) groups is 1. The molecule has 1 aromatic heterocycles. The van der Waals surface area contributed by atoms with Gasteiger partial charge < -0.3 is 20.3 Å². The zero-order chi connectivity index (χ0) is 19.2. The molecule has 0 aliphatic carbocycles. The number of nitrogens with one attached hydrogen (secondary N) is 2. The second-order valence-electron chi connectivity index (χ2n) is 8.39.